The second kappa shape index (κ2) is 5.59. The molecule has 4 nitrogen and oxygen atoms in total. The molecule has 0 amide bonds. The van der Waals surface area contributed by atoms with Gasteiger partial charge in [0.2, 0.25) is 0 Å². The van der Waals surface area contributed by atoms with Gasteiger partial charge in [0, 0.05) is 5.56 Å². The summed E-state index contributed by atoms with van der Waals surface area (Å²) in [7, 11) is 0. The van der Waals surface area contributed by atoms with E-state index >= 15 is 0 Å². The van der Waals surface area contributed by atoms with Gasteiger partial charge < -0.3 is 14.9 Å². The van der Waals surface area contributed by atoms with Gasteiger partial charge in [0.25, 0.3) is 0 Å². The van der Waals surface area contributed by atoms with Crippen LogP contribution in [-0.4, -0.2) is 22.8 Å². The Morgan fingerprint density at radius 1 is 1.47 bits per heavy atom. The first-order valence-electron chi connectivity index (χ1n) is 5.03. The normalized spacial score (nSPS) is 11.9. The number of halogens is 1. The third-order valence-electron chi connectivity index (χ3n) is 2.14. The van der Waals surface area contributed by atoms with Crippen LogP contribution < -0.4 is 0 Å². The van der Waals surface area contributed by atoms with E-state index in [0.29, 0.717) is 0 Å². The largest absolute Gasteiger partial charge is 0.508 e. The summed E-state index contributed by atoms with van der Waals surface area (Å²) < 4.78 is 4.75. The molecule has 0 atom stereocenters. The van der Waals surface area contributed by atoms with Crippen molar-refractivity contribution in [2.24, 2.45) is 0 Å². The van der Waals surface area contributed by atoms with Crippen molar-refractivity contribution in [1.82, 2.24) is 0 Å². The van der Waals surface area contributed by atoms with E-state index in [2.05, 4.69) is 0 Å². The number of phenolic OH excluding ortho intramolecular Hbond substituents is 1. The van der Waals surface area contributed by atoms with Crippen LogP contribution in [0.25, 0.3) is 5.76 Å². The highest BCUT2D eigenvalue weighted by molar-refractivity contribution is 6.32. The lowest BCUT2D eigenvalue weighted by atomic mass is 10.1. The third kappa shape index (κ3) is 3.14. The zero-order valence-electron chi connectivity index (χ0n) is 9.53. The average molecular weight is 257 g/mol. The van der Waals surface area contributed by atoms with Gasteiger partial charge in [-0.2, -0.15) is 0 Å². The van der Waals surface area contributed by atoms with Crippen LogP contribution in [-0.2, 0) is 9.53 Å². The molecule has 1 aromatic rings. The number of hydrogen-bond acceptors (Lipinski definition) is 4. The topological polar surface area (TPSA) is 66.8 Å². The Bertz CT molecular complexity index is 466. The van der Waals surface area contributed by atoms with E-state index in [-0.39, 0.29) is 34.3 Å². The van der Waals surface area contributed by atoms with E-state index in [1.165, 1.54) is 25.1 Å². The quantitative estimate of drug-likeness (QED) is 0.496. The molecule has 1 rings (SSSR count). The van der Waals surface area contributed by atoms with E-state index in [4.69, 9.17) is 16.3 Å². The van der Waals surface area contributed by atoms with Crippen molar-refractivity contribution in [3.63, 3.8) is 0 Å². The average Bonchev–Trinajstić information content (AvgIpc) is 2.30. The Balaban J connectivity index is 3.18. The molecule has 92 valence electrons. The van der Waals surface area contributed by atoms with Crippen LogP contribution in [0.15, 0.2) is 23.8 Å². The number of esters is 1. The first-order chi connectivity index (χ1) is 7.97. The number of carbonyl (C=O) groups excluding carboxylic acids is 1. The van der Waals surface area contributed by atoms with Crippen LogP contribution in [0.2, 0.25) is 5.02 Å². The Labute approximate surface area is 104 Å². The minimum Gasteiger partial charge on any atom is -0.508 e. The predicted molar refractivity (Wildman–Crippen MR) is 65.0 cm³/mol. The second-order valence-corrected chi connectivity index (χ2v) is 3.77. The minimum absolute atomic E-state index is 0.0411. The monoisotopic (exact) mass is 256 g/mol. The summed E-state index contributed by atoms with van der Waals surface area (Å²) in [5, 5.41) is 19.4. The van der Waals surface area contributed by atoms with Crippen LogP contribution >= 0.6 is 11.6 Å². The molecule has 0 fully saturated rings. The van der Waals surface area contributed by atoms with Gasteiger partial charge in [-0.15, -0.1) is 0 Å². The Morgan fingerprint density at radius 2 is 2.12 bits per heavy atom. The molecule has 0 bridgehead atoms. The van der Waals surface area contributed by atoms with Crippen molar-refractivity contribution < 1.29 is 19.7 Å². The van der Waals surface area contributed by atoms with Crippen molar-refractivity contribution in [2.75, 3.05) is 6.61 Å². The van der Waals surface area contributed by atoms with Crippen molar-refractivity contribution in [3.8, 4) is 5.75 Å². The molecule has 0 aromatic heterocycles. The highest BCUT2D eigenvalue weighted by atomic mass is 35.5. The fraction of sp³-hybridized carbons (Fsp3) is 0.250. The highest BCUT2D eigenvalue weighted by Gasteiger charge is 2.15. The van der Waals surface area contributed by atoms with E-state index in [1.54, 1.807) is 6.92 Å². The summed E-state index contributed by atoms with van der Waals surface area (Å²) in [6.45, 7) is 3.31. The fourth-order valence-corrected chi connectivity index (χ4v) is 1.44. The van der Waals surface area contributed by atoms with E-state index in [9.17, 15) is 15.0 Å². The van der Waals surface area contributed by atoms with Crippen LogP contribution in [0.1, 0.15) is 19.4 Å². The number of carbonyl (C=O) groups is 1. The van der Waals surface area contributed by atoms with Crippen molar-refractivity contribution in [1.29, 1.82) is 0 Å². The Kier molecular flexibility index (Phi) is 4.40. The molecule has 0 aliphatic carbocycles. The zero-order chi connectivity index (χ0) is 13.0. The lowest BCUT2D eigenvalue weighted by molar-refractivity contribution is -0.138. The lowest BCUT2D eigenvalue weighted by Crippen LogP contribution is -2.07. The minimum atomic E-state index is -0.621. The molecular formula is C12H13ClO4. The summed E-state index contributed by atoms with van der Waals surface area (Å²) in [6.07, 6.45) is 0. The van der Waals surface area contributed by atoms with Gasteiger partial charge in [-0.3, -0.25) is 0 Å². The number of aromatic hydroxyl groups is 1. The maximum absolute atomic E-state index is 11.4. The fourth-order valence-electron chi connectivity index (χ4n) is 1.23. The standard InChI is InChI=1S/C12H13ClO4/c1-3-17-12(16)7(2)11(15)9-6-8(14)4-5-10(9)13/h4-6,14-15H,3H2,1-2H3/b11-7-. The smallest absolute Gasteiger partial charge is 0.337 e. The maximum Gasteiger partial charge on any atom is 0.337 e. The summed E-state index contributed by atoms with van der Waals surface area (Å²) in [6, 6.07) is 4.10. The Hall–Kier alpha value is -1.68. The molecule has 0 radical (unpaired) electrons. The zero-order valence-corrected chi connectivity index (χ0v) is 10.3. The van der Waals surface area contributed by atoms with Crippen LogP contribution in [0.3, 0.4) is 0 Å². The molecule has 1 aromatic carbocycles. The molecule has 0 unspecified atom stereocenters. The molecule has 5 heteroatoms. The van der Waals surface area contributed by atoms with E-state index < -0.39 is 5.97 Å². The first-order valence-corrected chi connectivity index (χ1v) is 5.41. The molecule has 0 saturated heterocycles. The molecule has 0 spiro atoms. The van der Waals surface area contributed by atoms with Gasteiger partial charge in [0.05, 0.1) is 17.2 Å². The number of phenols is 1. The molecule has 0 saturated carbocycles. The summed E-state index contributed by atoms with van der Waals surface area (Å²) >= 11 is 5.86. The van der Waals surface area contributed by atoms with Gasteiger partial charge >= 0.3 is 5.97 Å². The number of aliphatic hydroxyl groups is 1. The SMILES string of the molecule is CCOC(=O)/C(C)=C(\O)c1cc(O)ccc1Cl. The molecule has 0 aliphatic rings. The maximum atomic E-state index is 11.4. The summed E-state index contributed by atoms with van der Waals surface area (Å²) in [5.74, 6) is -0.971. The van der Waals surface area contributed by atoms with Gasteiger partial charge in [0.1, 0.15) is 11.5 Å². The van der Waals surface area contributed by atoms with Gasteiger partial charge in [-0.1, -0.05) is 11.6 Å². The molecule has 2 N–H and O–H groups in total. The second-order valence-electron chi connectivity index (χ2n) is 3.36. The van der Waals surface area contributed by atoms with E-state index in [1.807, 2.05) is 0 Å². The van der Waals surface area contributed by atoms with E-state index in [0.717, 1.165) is 0 Å². The van der Waals surface area contributed by atoms with Gasteiger partial charge in [-0.05, 0) is 32.0 Å². The molecule has 17 heavy (non-hydrogen) atoms. The molecule has 0 aliphatic heterocycles. The van der Waals surface area contributed by atoms with Crippen LogP contribution in [0.5, 0.6) is 5.75 Å². The van der Waals surface area contributed by atoms with Crippen molar-refractivity contribution >= 4 is 23.3 Å². The number of rotatable bonds is 3. The van der Waals surface area contributed by atoms with Crippen molar-refractivity contribution in [3.05, 3.63) is 34.4 Å². The van der Waals surface area contributed by atoms with Gasteiger partial charge in [0.15, 0.2) is 0 Å². The number of hydrogen-bond donors (Lipinski definition) is 2. The Morgan fingerprint density at radius 3 is 2.71 bits per heavy atom. The number of ether oxygens (including phenoxy) is 1. The summed E-state index contributed by atoms with van der Waals surface area (Å²) in [5.41, 5.74) is 0.233. The van der Waals surface area contributed by atoms with Crippen LogP contribution in [0, 0.1) is 0 Å². The first kappa shape index (κ1) is 13.4. The van der Waals surface area contributed by atoms with Gasteiger partial charge in [-0.25, -0.2) is 4.79 Å². The third-order valence-corrected chi connectivity index (χ3v) is 2.47. The predicted octanol–water partition coefficient (Wildman–Crippen LogP) is 2.90. The number of aliphatic hydroxyl groups excluding tert-OH is 1. The molecular weight excluding hydrogens is 244 g/mol. The molecule has 0 heterocycles. The summed E-state index contributed by atoms with van der Waals surface area (Å²) in [4.78, 5) is 11.4. The van der Waals surface area contributed by atoms with Crippen LogP contribution in [0.4, 0.5) is 0 Å². The van der Waals surface area contributed by atoms with Crippen molar-refractivity contribution in [2.45, 2.75) is 13.8 Å². The number of benzene rings is 1. The lowest BCUT2D eigenvalue weighted by Gasteiger charge is -2.08. The highest BCUT2D eigenvalue weighted by Crippen LogP contribution is 2.28.